The average Bonchev–Trinajstić information content (AvgIpc) is 2.41. The summed E-state index contributed by atoms with van der Waals surface area (Å²) in [6.07, 6.45) is 0.244. The largest absolute Gasteiger partial charge is 0.461 e. The summed E-state index contributed by atoms with van der Waals surface area (Å²) in [5.41, 5.74) is 7.46. The molecule has 0 radical (unpaired) electrons. The fourth-order valence-corrected chi connectivity index (χ4v) is 1.68. The number of hydrogen-bond donors (Lipinski definition) is 1. The smallest absolute Gasteiger partial charge is 0.306 e. The minimum absolute atomic E-state index is 0. The number of carbonyl (C=O) groups excluding carboxylic acids is 2. The van der Waals surface area contributed by atoms with Crippen LogP contribution in [-0.4, -0.2) is 18.3 Å². The van der Waals surface area contributed by atoms with E-state index in [9.17, 15) is 9.59 Å². The Balaban J connectivity index is 0.00000400. The first-order chi connectivity index (χ1) is 9.32. The number of rotatable bonds is 6. The van der Waals surface area contributed by atoms with E-state index in [2.05, 4.69) is 20.8 Å². The third-order valence-corrected chi connectivity index (χ3v) is 3.06. The molecule has 2 N–H and O–H groups in total. The van der Waals surface area contributed by atoms with Crippen LogP contribution in [0.2, 0.25) is 0 Å². The molecule has 0 heterocycles. The zero-order chi connectivity index (χ0) is 15.2. The van der Waals surface area contributed by atoms with Crippen molar-refractivity contribution in [2.75, 3.05) is 6.54 Å². The number of nitrogens with two attached hydrogens (primary N) is 1. The van der Waals surface area contributed by atoms with Gasteiger partial charge in [0.2, 0.25) is 0 Å². The first-order valence-electron chi connectivity index (χ1n) is 6.79. The van der Waals surface area contributed by atoms with E-state index in [1.807, 2.05) is 24.3 Å². The number of carbonyl (C=O) groups is 2. The molecule has 21 heavy (non-hydrogen) atoms. The van der Waals surface area contributed by atoms with Crippen LogP contribution in [0.3, 0.4) is 0 Å². The highest BCUT2D eigenvalue weighted by Crippen LogP contribution is 2.22. The van der Waals surface area contributed by atoms with Crippen molar-refractivity contribution in [3.05, 3.63) is 35.4 Å². The average molecular weight is 314 g/mol. The topological polar surface area (TPSA) is 69.4 Å². The monoisotopic (exact) mass is 313 g/mol. The summed E-state index contributed by atoms with van der Waals surface area (Å²) >= 11 is 0. The zero-order valence-corrected chi connectivity index (χ0v) is 13.7. The molecule has 118 valence electrons. The third-order valence-electron chi connectivity index (χ3n) is 3.06. The van der Waals surface area contributed by atoms with Crippen LogP contribution in [0.4, 0.5) is 0 Å². The zero-order valence-electron chi connectivity index (χ0n) is 12.8. The molecule has 0 aliphatic rings. The van der Waals surface area contributed by atoms with Gasteiger partial charge in [0, 0.05) is 6.42 Å². The number of halogens is 1. The normalized spacial score (nSPS) is 10.7. The second-order valence-electron chi connectivity index (χ2n) is 5.85. The van der Waals surface area contributed by atoms with E-state index in [1.54, 1.807) is 0 Å². The molecule has 0 spiro atoms. The number of esters is 1. The van der Waals surface area contributed by atoms with Crippen molar-refractivity contribution < 1.29 is 14.3 Å². The van der Waals surface area contributed by atoms with Gasteiger partial charge in [-0.25, -0.2) is 0 Å². The lowest BCUT2D eigenvalue weighted by molar-refractivity contribution is -0.146. The molecule has 0 saturated carbocycles. The highest BCUT2D eigenvalue weighted by molar-refractivity contribution is 5.85. The molecular weight excluding hydrogens is 290 g/mol. The molecular formula is C16H24ClNO3. The Bertz CT molecular complexity index is 463. The van der Waals surface area contributed by atoms with E-state index >= 15 is 0 Å². The van der Waals surface area contributed by atoms with Crippen LogP contribution in [0.15, 0.2) is 24.3 Å². The fourth-order valence-electron chi connectivity index (χ4n) is 1.68. The van der Waals surface area contributed by atoms with Gasteiger partial charge in [0.05, 0.1) is 13.0 Å². The molecule has 0 bridgehead atoms. The van der Waals surface area contributed by atoms with Gasteiger partial charge >= 0.3 is 5.97 Å². The lowest BCUT2D eigenvalue weighted by atomic mass is 9.87. The maximum Gasteiger partial charge on any atom is 0.306 e. The van der Waals surface area contributed by atoms with Gasteiger partial charge in [0.1, 0.15) is 12.4 Å². The predicted octanol–water partition coefficient (Wildman–Crippen LogP) is 2.76. The van der Waals surface area contributed by atoms with Crippen molar-refractivity contribution >= 4 is 24.2 Å². The molecule has 0 fully saturated rings. The number of hydrogen-bond acceptors (Lipinski definition) is 4. The summed E-state index contributed by atoms with van der Waals surface area (Å²) in [4.78, 5) is 22.4. The summed E-state index contributed by atoms with van der Waals surface area (Å²) < 4.78 is 5.12. The van der Waals surface area contributed by atoms with Crippen molar-refractivity contribution in [1.82, 2.24) is 0 Å². The molecule has 1 rings (SSSR count). The van der Waals surface area contributed by atoms with Gasteiger partial charge < -0.3 is 10.5 Å². The fraction of sp³-hybridized carbons (Fsp3) is 0.500. The van der Waals surface area contributed by atoms with Gasteiger partial charge in [0.15, 0.2) is 0 Å². The molecule has 0 aromatic heterocycles. The minimum atomic E-state index is -0.369. The molecule has 5 heteroatoms. The van der Waals surface area contributed by atoms with Crippen molar-refractivity contribution in [2.45, 2.75) is 45.6 Å². The lowest BCUT2D eigenvalue weighted by Gasteiger charge is -2.19. The maximum atomic E-state index is 11.4. The van der Waals surface area contributed by atoms with Crippen molar-refractivity contribution in [2.24, 2.45) is 5.73 Å². The number of ketones is 1. The van der Waals surface area contributed by atoms with E-state index in [0.29, 0.717) is 0 Å². The Kier molecular flexibility index (Phi) is 8.22. The molecule has 1 aromatic rings. The Labute approximate surface area is 132 Å². The van der Waals surface area contributed by atoms with Crippen LogP contribution in [0.25, 0.3) is 0 Å². The summed E-state index contributed by atoms with van der Waals surface area (Å²) in [6, 6.07) is 8.00. The molecule has 1 aromatic carbocycles. The van der Waals surface area contributed by atoms with Crippen LogP contribution in [0.1, 0.15) is 44.7 Å². The Morgan fingerprint density at radius 3 is 2.14 bits per heavy atom. The first-order valence-corrected chi connectivity index (χ1v) is 6.79. The first kappa shape index (κ1) is 19.6. The summed E-state index contributed by atoms with van der Waals surface area (Å²) in [6.45, 7) is 6.66. The molecule has 0 unspecified atom stereocenters. The van der Waals surface area contributed by atoms with Crippen molar-refractivity contribution in [3.8, 4) is 0 Å². The molecule has 0 amide bonds. The van der Waals surface area contributed by atoms with E-state index in [0.717, 1.165) is 5.56 Å². The number of ether oxygens (including phenoxy) is 1. The van der Waals surface area contributed by atoms with E-state index < -0.39 is 0 Å². The van der Waals surface area contributed by atoms with Crippen LogP contribution in [-0.2, 0) is 26.3 Å². The Hall–Kier alpha value is -1.39. The Morgan fingerprint density at radius 2 is 1.67 bits per heavy atom. The van der Waals surface area contributed by atoms with Crippen LogP contribution < -0.4 is 5.73 Å². The summed E-state index contributed by atoms with van der Waals surface area (Å²) in [7, 11) is 0. The standard InChI is InChI=1S/C16H23NO3.ClH/c1-16(2,3)13-6-4-12(5-7-13)11-20-15(19)9-8-14(18)10-17;/h4-7H,8-11,17H2,1-3H3;1H. The SMILES string of the molecule is CC(C)(C)c1ccc(COC(=O)CCC(=O)CN)cc1.Cl. The second-order valence-corrected chi connectivity index (χ2v) is 5.85. The number of Topliss-reactive ketones (excluding diaryl/α,β-unsaturated/α-hetero) is 1. The lowest BCUT2D eigenvalue weighted by Crippen LogP contribution is -2.15. The maximum absolute atomic E-state index is 11.4. The Morgan fingerprint density at radius 1 is 1.10 bits per heavy atom. The van der Waals surface area contributed by atoms with E-state index in [4.69, 9.17) is 10.5 Å². The summed E-state index contributed by atoms with van der Waals surface area (Å²) in [5, 5.41) is 0. The second kappa shape index (κ2) is 8.80. The quantitative estimate of drug-likeness (QED) is 0.820. The van der Waals surface area contributed by atoms with Gasteiger partial charge in [0.25, 0.3) is 0 Å². The van der Waals surface area contributed by atoms with E-state index in [1.165, 1.54) is 5.56 Å². The van der Waals surface area contributed by atoms with Gasteiger partial charge in [-0.2, -0.15) is 0 Å². The van der Waals surface area contributed by atoms with Gasteiger partial charge in [-0.3, -0.25) is 9.59 Å². The van der Waals surface area contributed by atoms with E-state index in [-0.39, 0.29) is 55.6 Å². The van der Waals surface area contributed by atoms with Crippen LogP contribution in [0.5, 0.6) is 0 Å². The van der Waals surface area contributed by atoms with Gasteiger partial charge in [-0.15, -0.1) is 12.4 Å². The van der Waals surface area contributed by atoms with Crippen molar-refractivity contribution in [1.29, 1.82) is 0 Å². The molecule has 4 nitrogen and oxygen atoms in total. The molecule has 0 atom stereocenters. The van der Waals surface area contributed by atoms with Gasteiger partial charge in [-0.1, -0.05) is 45.0 Å². The van der Waals surface area contributed by atoms with Crippen LogP contribution >= 0.6 is 12.4 Å². The summed E-state index contributed by atoms with van der Waals surface area (Å²) in [5.74, 6) is -0.497. The highest BCUT2D eigenvalue weighted by Gasteiger charge is 2.13. The molecule has 0 aliphatic heterocycles. The van der Waals surface area contributed by atoms with Crippen LogP contribution in [0, 0.1) is 0 Å². The third kappa shape index (κ3) is 7.25. The molecule has 0 aliphatic carbocycles. The predicted molar refractivity (Wildman–Crippen MR) is 85.5 cm³/mol. The number of benzene rings is 1. The highest BCUT2D eigenvalue weighted by atomic mass is 35.5. The molecule has 0 saturated heterocycles. The van der Waals surface area contributed by atoms with Gasteiger partial charge in [-0.05, 0) is 16.5 Å². The minimum Gasteiger partial charge on any atom is -0.461 e. The van der Waals surface area contributed by atoms with Crippen molar-refractivity contribution in [3.63, 3.8) is 0 Å².